The molecule has 122 valence electrons. The molecular weight excluding hydrogens is 274 g/mol. The van der Waals surface area contributed by atoms with Crippen molar-refractivity contribution in [2.75, 3.05) is 32.8 Å². The summed E-state index contributed by atoms with van der Waals surface area (Å²) in [4.78, 5) is 1.91. The first kappa shape index (κ1) is 18.1. The van der Waals surface area contributed by atoms with Gasteiger partial charge in [-0.25, -0.2) is 0 Å². The zero-order valence-electron chi connectivity index (χ0n) is 12.3. The number of rotatable bonds is 9. The smallest absolute Gasteiger partial charge is 0.151 e. The molecule has 0 saturated carbocycles. The van der Waals surface area contributed by atoms with Crippen molar-refractivity contribution in [1.82, 2.24) is 4.90 Å². The Hall–Kier alpha value is -0.960. The molecule has 1 aliphatic carbocycles. The lowest BCUT2D eigenvalue weighted by atomic mass is 9.82. The summed E-state index contributed by atoms with van der Waals surface area (Å²) >= 11 is 0. The first-order valence-electron chi connectivity index (χ1n) is 7.16. The van der Waals surface area contributed by atoms with Gasteiger partial charge in [0, 0.05) is 30.9 Å². The van der Waals surface area contributed by atoms with Crippen LogP contribution in [0.4, 0.5) is 0 Å². The van der Waals surface area contributed by atoms with E-state index in [4.69, 9.17) is 31.9 Å². The van der Waals surface area contributed by atoms with Crippen LogP contribution < -0.4 is 11.5 Å². The maximum absolute atomic E-state index is 9.04. The SMILES string of the molecule is NC1=C(CN(CCO)CCO)CC(N)(CCC(O)O)C=C1. The van der Waals surface area contributed by atoms with Gasteiger partial charge in [-0.2, -0.15) is 0 Å². The highest BCUT2D eigenvalue weighted by atomic mass is 16.5. The normalized spacial score (nSPS) is 22.6. The minimum Gasteiger partial charge on any atom is -0.399 e. The number of aliphatic hydroxyl groups excluding tert-OH is 3. The van der Waals surface area contributed by atoms with Gasteiger partial charge in [0.25, 0.3) is 0 Å². The number of hydrogen-bond acceptors (Lipinski definition) is 7. The van der Waals surface area contributed by atoms with Crippen LogP contribution in [0.15, 0.2) is 23.4 Å². The van der Waals surface area contributed by atoms with E-state index in [1.807, 2.05) is 4.90 Å². The Balaban J connectivity index is 2.69. The highest BCUT2D eigenvalue weighted by Crippen LogP contribution is 2.28. The van der Waals surface area contributed by atoms with Crippen LogP contribution in [-0.2, 0) is 0 Å². The molecule has 7 heteroatoms. The van der Waals surface area contributed by atoms with E-state index in [0.29, 0.717) is 38.2 Å². The summed E-state index contributed by atoms with van der Waals surface area (Å²) in [6, 6.07) is 0. The standard InChI is InChI=1S/C14H27N3O4/c15-12-1-3-14(16,4-2-13(20)21)9-11(12)10-17(5-7-18)6-8-19/h1,3,13,18-21H,2,4-10,15-16H2. The molecule has 0 amide bonds. The summed E-state index contributed by atoms with van der Waals surface area (Å²) in [5.41, 5.74) is 13.2. The van der Waals surface area contributed by atoms with E-state index >= 15 is 0 Å². The highest BCUT2D eigenvalue weighted by Gasteiger charge is 2.28. The first-order valence-corrected chi connectivity index (χ1v) is 7.16. The minimum atomic E-state index is -1.37. The maximum atomic E-state index is 9.04. The maximum Gasteiger partial charge on any atom is 0.151 e. The second-order valence-electron chi connectivity index (χ2n) is 5.54. The molecule has 0 fully saturated rings. The second-order valence-corrected chi connectivity index (χ2v) is 5.54. The lowest BCUT2D eigenvalue weighted by Crippen LogP contribution is -2.43. The fourth-order valence-corrected chi connectivity index (χ4v) is 2.47. The number of aliphatic hydroxyl groups is 4. The van der Waals surface area contributed by atoms with Gasteiger partial charge in [-0.05, 0) is 30.9 Å². The van der Waals surface area contributed by atoms with E-state index in [2.05, 4.69) is 0 Å². The van der Waals surface area contributed by atoms with Crippen molar-refractivity contribution in [2.24, 2.45) is 11.5 Å². The first-order chi connectivity index (χ1) is 9.90. The van der Waals surface area contributed by atoms with Crippen molar-refractivity contribution < 1.29 is 20.4 Å². The van der Waals surface area contributed by atoms with Crippen molar-refractivity contribution in [2.45, 2.75) is 31.1 Å². The molecule has 0 spiro atoms. The average molecular weight is 301 g/mol. The van der Waals surface area contributed by atoms with Crippen LogP contribution in [0.2, 0.25) is 0 Å². The lowest BCUT2D eigenvalue weighted by molar-refractivity contribution is -0.0488. The zero-order chi connectivity index (χ0) is 15.9. The van der Waals surface area contributed by atoms with Gasteiger partial charge in [0.2, 0.25) is 0 Å². The van der Waals surface area contributed by atoms with Gasteiger partial charge >= 0.3 is 0 Å². The number of nitrogens with two attached hydrogens (primary N) is 2. The van der Waals surface area contributed by atoms with Crippen molar-refractivity contribution in [3.05, 3.63) is 23.4 Å². The Morgan fingerprint density at radius 1 is 1.24 bits per heavy atom. The predicted octanol–water partition coefficient (Wildman–Crippen LogP) is -1.77. The van der Waals surface area contributed by atoms with E-state index in [1.54, 1.807) is 12.2 Å². The van der Waals surface area contributed by atoms with Crippen LogP contribution in [-0.4, -0.2) is 70.0 Å². The van der Waals surface area contributed by atoms with Crippen LogP contribution in [0, 0.1) is 0 Å². The predicted molar refractivity (Wildman–Crippen MR) is 80.0 cm³/mol. The second kappa shape index (κ2) is 8.47. The summed E-state index contributed by atoms with van der Waals surface area (Å²) in [6.07, 6.45) is 3.35. The third-order valence-electron chi connectivity index (χ3n) is 3.66. The quantitative estimate of drug-likeness (QED) is 0.277. The molecule has 0 aromatic carbocycles. The summed E-state index contributed by atoms with van der Waals surface area (Å²) in [7, 11) is 0. The van der Waals surface area contributed by atoms with Crippen molar-refractivity contribution in [3.8, 4) is 0 Å². The zero-order valence-corrected chi connectivity index (χ0v) is 12.3. The molecule has 1 atom stereocenters. The van der Waals surface area contributed by atoms with E-state index < -0.39 is 11.8 Å². The van der Waals surface area contributed by atoms with Crippen LogP contribution in [0.25, 0.3) is 0 Å². The highest BCUT2D eigenvalue weighted by molar-refractivity contribution is 5.34. The Morgan fingerprint density at radius 3 is 2.38 bits per heavy atom. The molecule has 0 aromatic heterocycles. The van der Waals surface area contributed by atoms with Crippen LogP contribution >= 0.6 is 0 Å². The van der Waals surface area contributed by atoms with Crippen LogP contribution in [0.1, 0.15) is 19.3 Å². The Labute approximate surface area is 125 Å². The summed E-state index contributed by atoms with van der Waals surface area (Å²) in [5.74, 6) is 0. The molecule has 21 heavy (non-hydrogen) atoms. The van der Waals surface area contributed by atoms with Gasteiger partial charge in [0.05, 0.1) is 13.2 Å². The Morgan fingerprint density at radius 2 is 1.86 bits per heavy atom. The molecule has 1 aliphatic rings. The third kappa shape index (κ3) is 6.13. The van der Waals surface area contributed by atoms with Gasteiger partial charge in [0.1, 0.15) is 0 Å². The number of hydrogen-bond donors (Lipinski definition) is 6. The Kier molecular flexibility index (Phi) is 7.30. The molecule has 0 heterocycles. The van der Waals surface area contributed by atoms with Gasteiger partial charge in [-0.3, -0.25) is 4.90 Å². The fraction of sp³-hybridized carbons (Fsp3) is 0.714. The monoisotopic (exact) mass is 301 g/mol. The molecule has 0 aromatic rings. The molecule has 1 unspecified atom stereocenters. The van der Waals surface area contributed by atoms with Crippen molar-refractivity contribution in [1.29, 1.82) is 0 Å². The molecule has 0 saturated heterocycles. The van der Waals surface area contributed by atoms with Crippen molar-refractivity contribution >= 4 is 0 Å². The Bertz CT molecular complexity index is 378. The summed E-state index contributed by atoms with van der Waals surface area (Å²) in [6.45, 7) is 1.45. The summed E-state index contributed by atoms with van der Waals surface area (Å²) in [5, 5.41) is 36.0. The van der Waals surface area contributed by atoms with Crippen LogP contribution in [0.5, 0.6) is 0 Å². The molecule has 0 radical (unpaired) electrons. The average Bonchev–Trinajstić information content (AvgIpc) is 2.42. The van der Waals surface area contributed by atoms with E-state index in [0.717, 1.165) is 5.57 Å². The van der Waals surface area contributed by atoms with E-state index in [-0.39, 0.29) is 19.6 Å². The molecule has 8 N–H and O–H groups in total. The van der Waals surface area contributed by atoms with Gasteiger partial charge < -0.3 is 31.9 Å². The van der Waals surface area contributed by atoms with Gasteiger partial charge in [0.15, 0.2) is 6.29 Å². The summed E-state index contributed by atoms with van der Waals surface area (Å²) < 4.78 is 0. The van der Waals surface area contributed by atoms with Gasteiger partial charge in [-0.15, -0.1) is 0 Å². The molecule has 0 aliphatic heterocycles. The van der Waals surface area contributed by atoms with E-state index in [1.165, 1.54) is 0 Å². The lowest BCUT2D eigenvalue weighted by Gasteiger charge is -2.33. The molecule has 1 rings (SSSR count). The molecule has 0 bridgehead atoms. The molecule has 7 nitrogen and oxygen atoms in total. The third-order valence-corrected chi connectivity index (χ3v) is 3.66. The van der Waals surface area contributed by atoms with Crippen molar-refractivity contribution in [3.63, 3.8) is 0 Å². The van der Waals surface area contributed by atoms with Gasteiger partial charge in [-0.1, -0.05) is 6.08 Å². The topological polar surface area (TPSA) is 136 Å². The largest absolute Gasteiger partial charge is 0.399 e. The van der Waals surface area contributed by atoms with Crippen LogP contribution in [0.3, 0.4) is 0 Å². The minimum absolute atomic E-state index is 0.00744. The molecular formula is C14H27N3O4. The number of allylic oxidation sites excluding steroid dienone is 1. The fourth-order valence-electron chi connectivity index (χ4n) is 2.47. The number of nitrogens with zero attached hydrogens (tertiary/aromatic N) is 1. The van der Waals surface area contributed by atoms with E-state index in [9.17, 15) is 0 Å².